The molecule has 0 aliphatic carbocycles. The maximum Gasteiger partial charge on any atom is 0.194 e. The zero-order valence-corrected chi connectivity index (χ0v) is 8.71. The molecule has 0 fully saturated rings. The van der Waals surface area contributed by atoms with E-state index < -0.39 is 0 Å². The van der Waals surface area contributed by atoms with E-state index >= 15 is 0 Å². The molecular weight excluding hydrogens is 198 g/mol. The Morgan fingerprint density at radius 3 is 2.93 bits per heavy atom. The smallest absolute Gasteiger partial charge is 0.194 e. The lowest BCUT2D eigenvalue weighted by Crippen LogP contribution is -2.17. The maximum absolute atomic E-state index is 5.75. The predicted molar refractivity (Wildman–Crippen MR) is 58.6 cm³/mol. The summed E-state index contributed by atoms with van der Waals surface area (Å²) in [6.07, 6.45) is 0.855. The molecular formula is C11H12ClNO. The second-order valence-corrected chi connectivity index (χ2v) is 3.98. The minimum Gasteiger partial charge on any atom is -0.445 e. The quantitative estimate of drug-likeness (QED) is 0.826. The first-order chi connectivity index (χ1) is 6.65. The summed E-state index contributed by atoms with van der Waals surface area (Å²) in [7, 11) is 0. The fraction of sp³-hybridized carbons (Fsp3) is 0.273. The number of furan rings is 1. The maximum atomic E-state index is 5.75. The van der Waals surface area contributed by atoms with E-state index in [1.807, 2.05) is 25.1 Å². The molecule has 0 aliphatic rings. The van der Waals surface area contributed by atoms with Crippen LogP contribution in [0.1, 0.15) is 12.5 Å². The standard InChI is InChI=1S/C11H12ClNO/c1-7(13)4-8-2-3-9-6-11(12)14-10(9)5-8/h2-3,5-7H,4,13H2,1H3. The highest BCUT2D eigenvalue weighted by Crippen LogP contribution is 2.24. The molecule has 0 amide bonds. The van der Waals surface area contributed by atoms with Crippen LogP contribution in [-0.4, -0.2) is 6.04 Å². The van der Waals surface area contributed by atoms with Gasteiger partial charge in [0.15, 0.2) is 5.22 Å². The van der Waals surface area contributed by atoms with Crippen molar-refractivity contribution in [3.05, 3.63) is 35.0 Å². The van der Waals surface area contributed by atoms with Gasteiger partial charge >= 0.3 is 0 Å². The van der Waals surface area contributed by atoms with E-state index in [1.165, 1.54) is 5.56 Å². The van der Waals surface area contributed by atoms with Crippen LogP contribution in [0.15, 0.2) is 28.7 Å². The summed E-state index contributed by atoms with van der Waals surface area (Å²) in [5.41, 5.74) is 7.72. The Morgan fingerprint density at radius 2 is 2.21 bits per heavy atom. The SMILES string of the molecule is CC(N)Cc1ccc2cc(Cl)oc2c1. The Kier molecular flexibility index (Phi) is 2.48. The van der Waals surface area contributed by atoms with Crippen molar-refractivity contribution in [1.29, 1.82) is 0 Å². The molecule has 2 N–H and O–H groups in total. The molecule has 1 unspecified atom stereocenters. The number of nitrogens with two attached hydrogens (primary N) is 1. The molecule has 0 spiro atoms. The van der Waals surface area contributed by atoms with Crippen molar-refractivity contribution in [2.75, 3.05) is 0 Å². The lowest BCUT2D eigenvalue weighted by Gasteiger charge is -2.03. The number of hydrogen-bond acceptors (Lipinski definition) is 2. The topological polar surface area (TPSA) is 39.2 Å². The van der Waals surface area contributed by atoms with Gasteiger partial charge in [-0.25, -0.2) is 0 Å². The van der Waals surface area contributed by atoms with Crippen LogP contribution in [0, 0.1) is 0 Å². The average molecular weight is 210 g/mol. The molecule has 1 atom stereocenters. The van der Waals surface area contributed by atoms with Crippen LogP contribution in [0.4, 0.5) is 0 Å². The van der Waals surface area contributed by atoms with E-state index in [2.05, 4.69) is 6.07 Å². The Bertz CT molecular complexity index is 447. The largest absolute Gasteiger partial charge is 0.445 e. The normalized spacial score (nSPS) is 13.4. The minimum atomic E-state index is 0.165. The molecule has 2 nitrogen and oxygen atoms in total. The molecule has 1 heterocycles. The summed E-state index contributed by atoms with van der Waals surface area (Å²) in [6, 6.07) is 8.02. The van der Waals surface area contributed by atoms with Crippen molar-refractivity contribution in [2.45, 2.75) is 19.4 Å². The fourth-order valence-electron chi connectivity index (χ4n) is 1.54. The molecule has 0 radical (unpaired) electrons. The highest BCUT2D eigenvalue weighted by molar-refractivity contribution is 6.29. The van der Waals surface area contributed by atoms with Gasteiger partial charge in [0, 0.05) is 17.5 Å². The molecule has 14 heavy (non-hydrogen) atoms. The van der Waals surface area contributed by atoms with Crippen molar-refractivity contribution in [3.63, 3.8) is 0 Å². The van der Waals surface area contributed by atoms with Gasteiger partial charge in [0.05, 0.1) is 0 Å². The van der Waals surface area contributed by atoms with E-state index in [1.54, 1.807) is 0 Å². The summed E-state index contributed by atoms with van der Waals surface area (Å²) < 4.78 is 5.31. The predicted octanol–water partition coefficient (Wildman–Crippen LogP) is 2.98. The van der Waals surface area contributed by atoms with Gasteiger partial charge in [-0.05, 0) is 36.6 Å². The van der Waals surface area contributed by atoms with Crippen molar-refractivity contribution in [1.82, 2.24) is 0 Å². The van der Waals surface area contributed by atoms with E-state index in [9.17, 15) is 0 Å². The third-order valence-electron chi connectivity index (χ3n) is 2.11. The molecule has 3 heteroatoms. The van der Waals surface area contributed by atoms with Gasteiger partial charge in [-0.15, -0.1) is 0 Å². The van der Waals surface area contributed by atoms with Gasteiger partial charge in [0.2, 0.25) is 0 Å². The van der Waals surface area contributed by atoms with Crippen LogP contribution in [0.5, 0.6) is 0 Å². The van der Waals surface area contributed by atoms with Crippen LogP contribution in [0.25, 0.3) is 11.0 Å². The van der Waals surface area contributed by atoms with Gasteiger partial charge in [0.25, 0.3) is 0 Å². The number of benzene rings is 1. The van der Waals surface area contributed by atoms with E-state index in [0.29, 0.717) is 5.22 Å². The van der Waals surface area contributed by atoms with Crippen LogP contribution in [-0.2, 0) is 6.42 Å². The number of fused-ring (bicyclic) bond motifs is 1. The second-order valence-electron chi connectivity index (χ2n) is 3.60. The molecule has 0 saturated heterocycles. The summed E-state index contributed by atoms with van der Waals surface area (Å²) in [4.78, 5) is 0. The first-order valence-corrected chi connectivity index (χ1v) is 4.96. The van der Waals surface area contributed by atoms with Crippen LogP contribution in [0.3, 0.4) is 0 Å². The summed E-state index contributed by atoms with van der Waals surface area (Å²) in [6.45, 7) is 1.99. The number of halogens is 1. The fourth-order valence-corrected chi connectivity index (χ4v) is 1.74. The molecule has 0 aliphatic heterocycles. The van der Waals surface area contributed by atoms with E-state index in [-0.39, 0.29) is 6.04 Å². The third kappa shape index (κ3) is 1.91. The summed E-state index contributed by atoms with van der Waals surface area (Å²) in [5.74, 6) is 0. The summed E-state index contributed by atoms with van der Waals surface area (Å²) in [5, 5.41) is 1.46. The van der Waals surface area contributed by atoms with Crippen molar-refractivity contribution in [3.8, 4) is 0 Å². The monoisotopic (exact) mass is 209 g/mol. The van der Waals surface area contributed by atoms with E-state index in [4.69, 9.17) is 21.8 Å². The number of rotatable bonds is 2. The van der Waals surface area contributed by atoms with E-state index in [0.717, 1.165) is 17.4 Å². The molecule has 1 aromatic carbocycles. The molecule has 74 valence electrons. The Balaban J connectivity index is 2.40. The molecule has 2 rings (SSSR count). The van der Waals surface area contributed by atoms with Crippen LogP contribution >= 0.6 is 11.6 Å². The van der Waals surface area contributed by atoms with Crippen LogP contribution in [0.2, 0.25) is 5.22 Å². The third-order valence-corrected chi connectivity index (χ3v) is 2.30. The minimum absolute atomic E-state index is 0.165. The van der Waals surface area contributed by atoms with Crippen molar-refractivity contribution >= 4 is 22.6 Å². The zero-order valence-electron chi connectivity index (χ0n) is 7.96. The van der Waals surface area contributed by atoms with Gasteiger partial charge in [-0.2, -0.15) is 0 Å². The first-order valence-electron chi connectivity index (χ1n) is 4.59. The molecule has 0 saturated carbocycles. The van der Waals surface area contributed by atoms with Gasteiger partial charge < -0.3 is 10.2 Å². The molecule has 0 bridgehead atoms. The second kappa shape index (κ2) is 3.64. The number of hydrogen-bond donors (Lipinski definition) is 1. The lowest BCUT2D eigenvalue weighted by atomic mass is 10.1. The van der Waals surface area contributed by atoms with Crippen molar-refractivity contribution < 1.29 is 4.42 Å². The highest BCUT2D eigenvalue weighted by Gasteiger charge is 2.03. The van der Waals surface area contributed by atoms with Crippen molar-refractivity contribution in [2.24, 2.45) is 5.73 Å². The molecule has 2 aromatic rings. The van der Waals surface area contributed by atoms with Gasteiger partial charge in [0.1, 0.15) is 5.58 Å². The lowest BCUT2D eigenvalue weighted by molar-refractivity contribution is 0.617. The zero-order chi connectivity index (χ0) is 10.1. The summed E-state index contributed by atoms with van der Waals surface area (Å²) >= 11 is 5.75. The first kappa shape index (κ1) is 9.56. The molecule has 1 aromatic heterocycles. The van der Waals surface area contributed by atoms with Gasteiger partial charge in [-0.3, -0.25) is 0 Å². The van der Waals surface area contributed by atoms with Crippen LogP contribution < -0.4 is 5.73 Å². The average Bonchev–Trinajstić information content (AvgIpc) is 2.42. The highest BCUT2D eigenvalue weighted by atomic mass is 35.5. The Labute approximate surface area is 87.6 Å². The Hall–Kier alpha value is -0.990. The Morgan fingerprint density at radius 1 is 1.43 bits per heavy atom. The van der Waals surface area contributed by atoms with Gasteiger partial charge in [-0.1, -0.05) is 12.1 Å².